The van der Waals surface area contributed by atoms with Gasteiger partial charge in [0, 0.05) is 0 Å². The predicted molar refractivity (Wildman–Crippen MR) is 33.0 cm³/mol. The first-order valence-electron chi connectivity index (χ1n) is 3.02. The minimum absolute atomic E-state index is 0.212. The van der Waals surface area contributed by atoms with Crippen LogP contribution in [0.2, 0.25) is 0 Å². The third kappa shape index (κ3) is 3.95. The molecular weight excluding hydrogens is 312 g/mol. The molecule has 2 N–H and O–H groups in total. The molecule has 0 aromatic carbocycles. The van der Waals surface area contributed by atoms with E-state index in [1.165, 1.54) is 3.73 Å². The second kappa shape index (κ2) is 5.80. The van der Waals surface area contributed by atoms with Crippen molar-refractivity contribution in [2.75, 3.05) is 6.54 Å². The molecule has 0 atom stereocenters. The molecule has 0 radical (unpaired) electrons. The van der Waals surface area contributed by atoms with Gasteiger partial charge in [0.05, 0.1) is 0 Å². The number of hydroxylamine groups is 1. The summed E-state index contributed by atoms with van der Waals surface area (Å²) in [5.74, 6) is -0.212. The molecule has 0 amide bonds. The Morgan fingerprint density at radius 1 is 1.70 bits per heavy atom. The van der Waals surface area contributed by atoms with Crippen molar-refractivity contribution in [2.45, 2.75) is 20.3 Å². The van der Waals surface area contributed by atoms with E-state index in [0.29, 0.717) is 13.0 Å². The number of hydrogen-bond donors (Lipinski definition) is 1. The summed E-state index contributed by atoms with van der Waals surface area (Å²) in [6.45, 7) is 4.34. The summed E-state index contributed by atoms with van der Waals surface area (Å²) in [4.78, 5) is 15.5. The molecule has 4 nitrogen and oxygen atoms in total. The molecule has 0 aliphatic carbocycles. The quantitative estimate of drug-likeness (QED) is 0.743. The van der Waals surface area contributed by atoms with Gasteiger partial charge in [-0.25, -0.2) is 0 Å². The molecule has 0 aromatic rings. The average Bonchev–Trinajstić information content (AvgIpc) is 1.99. The van der Waals surface area contributed by atoms with Crippen molar-refractivity contribution >= 4 is 5.97 Å². The van der Waals surface area contributed by atoms with Gasteiger partial charge in [-0.1, -0.05) is 0 Å². The van der Waals surface area contributed by atoms with Gasteiger partial charge in [0.1, 0.15) is 0 Å². The summed E-state index contributed by atoms with van der Waals surface area (Å²) in [7, 11) is 0. The fraction of sp³-hybridized carbons (Fsp3) is 0.800. The third-order valence-corrected chi connectivity index (χ3v) is 2.48. The van der Waals surface area contributed by atoms with Crippen LogP contribution in [0.1, 0.15) is 20.3 Å². The second-order valence-corrected chi connectivity index (χ2v) is 3.33. The van der Waals surface area contributed by atoms with Gasteiger partial charge in [-0.05, 0) is 0 Å². The summed E-state index contributed by atoms with van der Waals surface area (Å²) in [6.07, 6.45) is 0.405. The predicted octanol–water partition coefficient (Wildman–Crippen LogP) is 0.0477. The molecule has 0 fully saturated rings. The minimum atomic E-state index is -0.725. The van der Waals surface area contributed by atoms with Crippen LogP contribution in [0.3, 0.4) is 0 Å². The molecule has 0 unspecified atom stereocenters. The number of hydrogen-bond acceptors (Lipinski definition) is 4. The van der Waals surface area contributed by atoms with Crippen LogP contribution in [0, 0.1) is 0 Å². The Hall–Kier alpha value is 0.0394. The van der Waals surface area contributed by atoms with Crippen LogP contribution in [0.15, 0.2) is 0 Å². The summed E-state index contributed by atoms with van der Waals surface area (Å²) in [5, 5.41) is 0. The van der Waals surface area contributed by atoms with Crippen molar-refractivity contribution in [2.24, 2.45) is 4.40 Å². The van der Waals surface area contributed by atoms with Crippen LogP contribution in [0.25, 0.3) is 0 Å². The maximum atomic E-state index is 10.6. The van der Waals surface area contributed by atoms with E-state index in [1.807, 2.05) is 6.92 Å². The normalized spacial score (nSPS) is 10.4. The van der Waals surface area contributed by atoms with Gasteiger partial charge in [0.15, 0.2) is 0 Å². The van der Waals surface area contributed by atoms with Gasteiger partial charge in [0.2, 0.25) is 0 Å². The van der Waals surface area contributed by atoms with Crippen LogP contribution in [0.4, 0.5) is 0 Å². The first kappa shape index (κ1) is 10.0. The molecule has 0 aromatic heterocycles. The SMILES string of the molecule is CCC(=O)O[N](CC)[Ir][NH2]. The zero-order valence-corrected chi connectivity index (χ0v) is 8.48. The Kier molecular flexibility index (Phi) is 5.82. The van der Waals surface area contributed by atoms with E-state index in [0.717, 1.165) is 0 Å². The Morgan fingerprint density at radius 3 is 2.60 bits per heavy atom. The molecule has 0 bridgehead atoms. The fourth-order valence-corrected chi connectivity index (χ4v) is 1.12. The average molecular weight is 324 g/mol. The van der Waals surface area contributed by atoms with Crippen molar-refractivity contribution in [3.8, 4) is 0 Å². The molecular formula is C5H12IrN2O2. The van der Waals surface area contributed by atoms with Crippen LogP contribution in [-0.2, 0) is 27.8 Å². The molecule has 0 spiro atoms. The summed E-state index contributed by atoms with van der Waals surface area (Å²) >= 11 is -0.725. The Morgan fingerprint density at radius 2 is 2.30 bits per heavy atom. The number of nitrogens with zero attached hydrogens (tertiary/aromatic N) is 1. The van der Waals surface area contributed by atoms with Crippen LogP contribution in [-0.4, -0.2) is 16.2 Å². The number of carbonyl (C=O) groups is 1. The number of carbonyl (C=O) groups excluding carboxylic acids is 1. The summed E-state index contributed by atoms with van der Waals surface area (Å²) in [5.41, 5.74) is 0. The van der Waals surface area contributed by atoms with Crippen LogP contribution in [0.5, 0.6) is 0 Å². The number of nitrogens with two attached hydrogens (primary N) is 1. The molecule has 0 heterocycles. The topological polar surface area (TPSA) is 55.6 Å². The zero-order chi connectivity index (χ0) is 7.98. The molecule has 0 aliphatic rings. The van der Waals surface area contributed by atoms with E-state index in [1.54, 1.807) is 6.92 Å². The van der Waals surface area contributed by atoms with E-state index in [-0.39, 0.29) is 5.97 Å². The first-order chi connectivity index (χ1) is 4.74. The van der Waals surface area contributed by atoms with Gasteiger partial charge in [-0.3, -0.25) is 0 Å². The third-order valence-electron chi connectivity index (χ3n) is 0.816. The van der Waals surface area contributed by atoms with Crippen molar-refractivity contribution in [3.63, 3.8) is 0 Å². The Balaban J connectivity index is 3.52. The van der Waals surface area contributed by atoms with Crippen molar-refractivity contribution < 1.29 is 27.8 Å². The molecule has 5 heteroatoms. The van der Waals surface area contributed by atoms with Gasteiger partial charge < -0.3 is 0 Å². The van der Waals surface area contributed by atoms with Gasteiger partial charge in [-0.15, -0.1) is 0 Å². The van der Waals surface area contributed by atoms with Crippen LogP contribution >= 0.6 is 0 Å². The van der Waals surface area contributed by atoms with E-state index >= 15 is 0 Å². The van der Waals surface area contributed by atoms with Crippen molar-refractivity contribution in [3.05, 3.63) is 0 Å². The van der Waals surface area contributed by atoms with Gasteiger partial charge >= 0.3 is 68.7 Å². The molecule has 10 heavy (non-hydrogen) atoms. The van der Waals surface area contributed by atoms with E-state index in [4.69, 9.17) is 9.24 Å². The molecule has 0 saturated heterocycles. The van der Waals surface area contributed by atoms with Gasteiger partial charge in [0.25, 0.3) is 0 Å². The molecule has 0 aliphatic heterocycles. The van der Waals surface area contributed by atoms with Crippen molar-refractivity contribution in [1.29, 1.82) is 0 Å². The van der Waals surface area contributed by atoms with Crippen molar-refractivity contribution in [1.82, 2.24) is 3.73 Å². The van der Waals surface area contributed by atoms with E-state index < -0.39 is 18.2 Å². The summed E-state index contributed by atoms with van der Waals surface area (Å²) in [6, 6.07) is 0. The van der Waals surface area contributed by atoms with Crippen LogP contribution < -0.4 is 4.40 Å². The maximum absolute atomic E-state index is 10.6. The molecule has 63 valence electrons. The molecule has 0 rings (SSSR count). The number of rotatable bonds is 4. The fourth-order valence-electron chi connectivity index (χ4n) is 0.313. The van der Waals surface area contributed by atoms with Gasteiger partial charge in [-0.2, -0.15) is 0 Å². The second-order valence-electron chi connectivity index (χ2n) is 1.51. The zero-order valence-electron chi connectivity index (χ0n) is 6.09. The Bertz CT molecular complexity index is 106. The first-order valence-corrected chi connectivity index (χ1v) is 5.47. The molecule has 0 saturated carbocycles. The Labute approximate surface area is 69.2 Å². The van der Waals surface area contributed by atoms with E-state index in [9.17, 15) is 4.79 Å². The standard InChI is InChI=1S/C5H10NO2.Ir.H2N/c1-3-5(7)8-6-4-2;;/h3-4H2,1-2H3;;1H2/q-1;+2;-1. The van der Waals surface area contributed by atoms with E-state index in [2.05, 4.69) is 0 Å². The summed E-state index contributed by atoms with van der Waals surface area (Å²) < 4.78 is 6.89. The monoisotopic (exact) mass is 325 g/mol.